The van der Waals surface area contributed by atoms with Gasteiger partial charge in [-0.05, 0) is 13.8 Å². The minimum Gasteiger partial charge on any atom is -0.380 e. The van der Waals surface area contributed by atoms with Crippen molar-refractivity contribution in [1.29, 1.82) is 0 Å². The van der Waals surface area contributed by atoms with E-state index in [-0.39, 0.29) is 0 Å². The second-order valence-electron chi connectivity index (χ2n) is 2.48. The Labute approximate surface area is 69.0 Å². The average Bonchev–Trinajstić information content (AvgIpc) is 2.00. The first kappa shape index (κ1) is 10.5. The van der Waals surface area contributed by atoms with Crippen molar-refractivity contribution in [3.8, 4) is 0 Å². The van der Waals surface area contributed by atoms with Crippen LogP contribution in [0.2, 0.25) is 0 Å². The van der Waals surface area contributed by atoms with Gasteiger partial charge >= 0.3 is 0 Å². The summed E-state index contributed by atoms with van der Waals surface area (Å²) in [7, 11) is 1.91. The molecule has 0 rings (SSSR count). The van der Waals surface area contributed by atoms with Crippen molar-refractivity contribution in [3.63, 3.8) is 0 Å². The first-order valence-electron chi connectivity index (χ1n) is 3.90. The molecule has 0 amide bonds. The van der Waals surface area contributed by atoms with E-state index in [0.29, 0.717) is 6.04 Å². The molecule has 0 bridgehead atoms. The number of rotatable bonds is 6. The third-order valence-electron chi connectivity index (χ3n) is 1.27. The molecule has 1 unspecified atom stereocenters. The van der Waals surface area contributed by atoms with E-state index in [1.807, 2.05) is 19.0 Å². The Morgan fingerprint density at radius 1 is 1.73 bits per heavy atom. The Morgan fingerprint density at radius 3 is 2.82 bits per heavy atom. The van der Waals surface area contributed by atoms with Gasteiger partial charge in [-0.25, -0.2) is 5.43 Å². The largest absolute Gasteiger partial charge is 0.380 e. The van der Waals surface area contributed by atoms with Gasteiger partial charge in [0.15, 0.2) is 0 Å². The highest BCUT2D eigenvalue weighted by Gasteiger charge is 2.00. The van der Waals surface area contributed by atoms with Gasteiger partial charge in [-0.2, -0.15) is 0 Å². The molecule has 0 aliphatic carbocycles. The number of ether oxygens (including phenoxy) is 1. The summed E-state index contributed by atoms with van der Waals surface area (Å²) >= 11 is 0. The fourth-order valence-corrected chi connectivity index (χ4v) is 0.732. The third-order valence-corrected chi connectivity index (χ3v) is 1.27. The molecule has 0 radical (unpaired) electrons. The van der Waals surface area contributed by atoms with Gasteiger partial charge in [-0.1, -0.05) is 6.58 Å². The Morgan fingerprint density at radius 2 is 2.36 bits per heavy atom. The minimum atomic E-state index is 0.331. The van der Waals surface area contributed by atoms with Gasteiger partial charge in [-0.15, -0.1) is 0 Å². The summed E-state index contributed by atoms with van der Waals surface area (Å²) in [4.78, 5) is 0. The van der Waals surface area contributed by atoms with E-state index in [2.05, 4.69) is 18.9 Å². The predicted octanol–water partition coefficient (Wildman–Crippen LogP) is 0.991. The zero-order valence-corrected chi connectivity index (χ0v) is 7.63. The summed E-state index contributed by atoms with van der Waals surface area (Å²) in [5, 5.41) is 1.82. The fraction of sp³-hybridized carbons (Fsp3) is 0.750. The lowest BCUT2D eigenvalue weighted by Crippen LogP contribution is -2.39. The van der Waals surface area contributed by atoms with Crippen LogP contribution in [-0.4, -0.2) is 31.3 Å². The quantitative estimate of drug-likeness (QED) is 0.583. The maximum atomic E-state index is 5.22. The zero-order chi connectivity index (χ0) is 8.69. The van der Waals surface area contributed by atoms with Crippen LogP contribution in [0.25, 0.3) is 0 Å². The lowest BCUT2D eigenvalue weighted by Gasteiger charge is -2.20. The number of hydrazine groups is 1. The van der Waals surface area contributed by atoms with Crippen LogP contribution < -0.4 is 5.43 Å². The third kappa shape index (κ3) is 5.88. The molecule has 3 heteroatoms. The van der Waals surface area contributed by atoms with Crippen molar-refractivity contribution in [2.75, 3.05) is 20.3 Å². The number of hydrogen-bond donors (Lipinski definition) is 1. The van der Waals surface area contributed by atoms with Crippen molar-refractivity contribution >= 4 is 0 Å². The molecule has 0 spiro atoms. The number of nitrogens with one attached hydrogen (secondary N) is 1. The van der Waals surface area contributed by atoms with Crippen LogP contribution >= 0.6 is 0 Å². The molecule has 1 N–H and O–H groups in total. The SMILES string of the molecule is C=CN(C)NC(C)COCC. The Bertz CT molecular complexity index is 106. The lowest BCUT2D eigenvalue weighted by atomic mass is 10.4. The van der Waals surface area contributed by atoms with Crippen molar-refractivity contribution in [3.05, 3.63) is 12.8 Å². The summed E-state index contributed by atoms with van der Waals surface area (Å²) in [6.45, 7) is 9.17. The molecular formula is C8H18N2O. The number of hydrogen-bond acceptors (Lipinski definition) is 3. The molecule has 0 aromatic carbocycles. The molecular weight excluding hydrogens is 140 g/mol. The average molecular weight is 158 g/mol. The van der Waals surface area contributed by atoms with Crippen LogP contribution in [0.1, 0.15) is 13.8 Å². The molecule has 0 saturated heterocycles. The predicted molar refractivity (Wildman–Crippen MR) is 47.1 cm³/mol. The highest BCUT2D eigenvalue weighted by molar-refractivity contribution is 4.65. The zero-order valence-electron chi connectivity index (χ0n) is 7.63. The molecule has 0 saturated carbocycles. The summed E-state index contributed by atoms with van der Waals surface area (Å²) in [5.74, 6) is 0. The summed E-state index contributed by atoms with van der Waals surface area (Å²) in [5.41, 5.74) is 3.15. The Hall–Kier alpha value is -0.540. The van der Waals surface area contributed by atoms with Crippen LogP contribution in [0, 0.1) is 0 Å². The highest BCUT2D eigenvalue weighted by atomic mass is 16.5. The van der Waals surface area contributed by atoms with E-state index in [1.165, 1.54) is 0 Å². The second kappa shape index (κ2) is 6.19. The van der Waals surface area contributed by atoms with Gasteiger partial charge in [0.2, 0.25) is 0 Å². The van der Waals surface area contributed by atoms with Gasteiger partial charge in [0.25, 0.3) is 0 Å². The van der Waals surface area contributed by atoms with E-state index < -0.39 is 0 Å². The lowest BCUT2D eigenvalue weighted by molar-refractivity contribution is 0.107. The fourth-order valence-electron chi connectivity index (χ4n) is 0.732. The molecule has 3 nitrogen and oxygen atoms in total. The topological polar surface area (TPSA) is 24.5 Å². The Kier molecular flexibility index (Phi) is 5.88. The summed E-state index contributed by atoms with van der Waals surface area (Å²) < 4.78 is 5.22. The molecule has 0 aliphatic heterocycles. The summed E-state index contributed by atoms with van der Waals surface area (Å²) in [6.07, 6.45) is 1.72. The van der Waals surface area contributed by atoms with Crippen molar-refractivity contribution in [1.82, 2.24) is 10.4 Å². The van der Waals surface area contributed by atoms with Gasteiger partial charge < -0.3 is 9.75 Å². The van der Waals surface area contributed by atoms with Crippen molar-refractivity contribution in [2.24, 2.45) is 0 Å². The van der Waals surface area contributed by atoms with E-state index in [4.69, 9.17) is 4.74 Å². The normalized spacial score (nSPS) is 12.6. The van der Waals surface area contributed by atoms with Crippen LogP contribution in [0.4, 0.5) is 0 Å². The van der Waals surface area contributed by atoms with Gasteiger partial charge in [0.05, 0.1) is 6.61 Å². The molecule has 1 atom stereocenters. The molecule has 0 aromatic heterocycles. The first-order chi connectivity index (χ1) is 5.20. The van der Waals surface area contributed by atoms with Gasteiger partial charge in [0.1, 0.15) is 0 Å². The van der Waals surface area contributed by atoms with Crippen LogP contribution in [0.5, 0.6) is 0 Å². The monoisotopic (exact) mass is 158 g/mol. The number of nitrogens with zero attached hydrogens (tertiary/aromatic N) is 1. The second-order valence-corrected chi connectivity index (χ2v) is 2.48. The van der Waals surface area contributed by atoms with E-state index in [1.54, 1.807) is 6.20 Å². The van der Waals surface area contributed by atoms with Crippen LogP contribution in [-0.2, 0) is 4.74 Å². The van der Waals surface area contributed by atoms with E-state index in [9.17, 15) is 0 Å². The van der Waals surface area contributed by atoms with Crippen molar-refractivity contribution in [2.45, 2.75) is 19.9 Å². The van der Waals surface area contributed by atoms with Crippen molar-refractivity contribution < 1.29 is 4.74 Å². The summed E-state index contributed by atoms with van der Waals surface area (Å²) in [6, 6.07) is 0.331. The van der Waals surface area contributed by atoms with Gasteiger partial charge in [0, 0.05) is 25.9 Å². The van der Waals surface area contributed by atoms with Crippen LogP contribution in [0.15, 0.2) is 12.8 Å². The Balaban J connectivity index is 3.34. The molecule has 11 heavy (non-hydrogen) atoms. The molecule has 0 heterocycles. The molecule has 66 valence electrons. The smallest absolute Gasteiger partial charge is 0.0634 e. The maximum Gasteiger partial charge on any atom is 0.0634 e. The van der Waals surface area contributed by atoms with E-state index in [0.717, 1.165) is 13.2 Å². The highest BCUT2D eigenvalue weighted by Crippen LogP contribution is 1.85. The maximum absolute atomic E-state index is 5.22. The molecule has 0 aromatic rings. The van der Waals surface area contributed by atoms with E-state index >= 15 is 0 Å². The molecule has 0 fully saturated rings. The minimum absolute atomic E-state index is 0.331. The first-order valence-corrected chi connectivity index (χ1v) is 3.90. The standard InChI is InChI=1S/C8H18N2O/c1-5-10(4)9-8(3)7-11-6-2/h5,8-9H,1,6-7H2,2-4H3. The molecule has 0 aliphatic rings. The van der Waals surface area contributed by atoms with Crippen LogP contribution in [0.3, 0.4) is 0 Å². The van der Waals surface area contributed by atoms with Gasteiger partial charge in [-0.3, -0.25) is 0 Å².